The lowest BCUT2D eigenvalue weighted by Gasteiger charge is -2.34. The van der Waals surface area contributed by atoms with Crippen molar-refractivity contribution in [2.24, 2.45) is 5.92 Å². The van der Waals surface area contributed by atoms with E-state index in [-0.39, 0.29) is 17.8 Å². The van der Waals surface area contributed by atoms with Gasteiger partial charge in [-0.2, -0.15) is 0 Å². The zero-order chi connectivity index (χ0) is 14.0. The van der Waals surface area contributed by atoms with E-state index in [0.717, 1.165) is 24.9 Å². The average Bonchev–Trinajstić information content (AvgIpc) is 3.00. The number of piperidine rings is 1. The summed E-state index contributed by atoms with van der Waals surface area (Å²) < 4.78 is 6.10. The largest absolute Gasteiger partial charge is 0.424 e. The summed E-state index contributed by atoms with van der Waals surface area (Å²) in [6.45, 7) is 6.75. The van der Waals surface area contributed by atoms with Crippen LogP contribution in [0.3, 0.4) is 0 Å². The second-order valence-corrected chi connectivity index (χ2v) is 7.03. The highest BCUT2D eigenvalue weighted by Crippen LogP contribution is 2.38. The molecule has 21 heavy (non-hydrogen) atoms. The number of nitrogens with one attached hydrogen (secondary N) is 1. The zero-order valence-electron chi connectivity index (χ0n) is 13.2. The van der Waals surface area contributed by atoms with Crippen LogP contribution in [0.2, 0.25) is 0 Å². The molecule has 1 aliphatic carbocycles. The van der Waals surface area contributed by atoms with Crippen molar-refractivity contribution >= 4 is 12.4 Å². The molecule has 0 amide bonds. The number of hydrogen-bond donors (Lipinski definition) is 1. The number of hydrogen-bond acceptors (Lipinski definition) is 4. The minimum atomic E-state index is 0. The molecule has 0 unspecified atom stereocenters. The lowest BCUT2D eigenvalue weighted by Crippen LogP contribution is -2.38. The molecule has 0 radical (unpaired) electrons. The first kappa shape index (κ1) is 16.8. The van der Waals surface area contributed by atoms with Crippen LogP contribution in [0.5, 0.6) is 0 Å². The number of aromatic nitrogens is 2. The van der Waals surface area contributed by atoms with Gasteiger partial charge in [-0.3, -0.25) is 0 Å². The zero-order valence-corrected chi connectivity index (χ0v) is 14.0. The van der Waals surface area contributed by atoms with E-state index in [2.05, 4.69) is 29.4 Å². The third-order valence-corrected chi connectivity index (χ3v) is 5.31. The maximum absolute atomic E-state index is 6.10. The van der Waals surface area contributed by atoms with Crippen LogP contribution in [0.1, 0.15) is 76.5 Å². The molecule has 2 aliphatic rings. The van der Waals surface area contributed by atoms with Crippen LogP contribution in [-0.4, -0.2) is 23.3 Å². The molecule has 120 valence electrons. The molecule has 1 aromatic heterocycles. The summed E-state index contributed by atoms with van der Waals surface area (Å²) in [5.41, 5.74) is 0.00200. The second-order valence-electron chi connectivity index (χ2n) is 7.03. The van der Waals surface area contributed by atoms with Gasteiger partial charge < -0.3 is 9.73 Å². The van der Waals surface area contributed by atoms with Crippen molar-refractivity contribution in [3.8, 4) is 0 Å². The molecule has 2 heterocycles. The molecular formula is C16H28ClN3O. The fourth-order valence-corrected chi connectivity index (χ4v) is 3.73. The van der Waals surface area contributed by atoms with Crippen LogP contribution in [0.15, 0.2) is 4.42 Å². The van der Waals surface area contributed by atoms with E-state index in [9.17, 15) is 0 Å². The molecule has 1 saturated carbocycles. The molecule has 0 atom stereocenters. The molecule has 3 rings (SSSR count). The van der Waals surface area contributed by atoms with Gasteiger partial charge in [0, 0.05) is 11.3 Å². The van der Waals surface area contributed by atoms with Crippen molar-refractivity contribution in [2.45, 2.75) is 70.1 Å². The Labute approximate surface area is 133 Å². The molecule has 1 aromatic rings. The highest BCUT2D eigenvalue weighted by molar-refractivity contribution is 5.85. The van der Waals surface area contributed by atoms with E-state index in [1.54, 1.807) is 0 Å². The maximum atomic E-state index is 6.10. The first-order valence-electron chi connectivity index (χ1n) is 8.22. The Morgan fingerprint density at radius 3 is 2.33 bits per heavy atom. The van der Waals surface area contributed by atoms with Crippen molar-refractivity contribution in [3.05, 3.63) is 11.8 Å². The predicted octanol–water partition coefficient (Wildman–Crippen LogP) is 3.82. The number of nitrogens with zero attached hydrogens (tertiary/aromatic N) is 2. The fraction of sp³-hybridized carbons (Fsp3) is 0.875. The monoisotopic (exact) mass is 313 g/mol. The topological polar surface area (TPSA) is 51.0 Å². The van der Waals surface area contributed by atoms with Crippen molar-refractivity contribution in [1.29, 1.82) is 0 Å². The van der Waals surface area contributed by atoms with Crippen molar-refractivity contribution in [1.82, 2.24) is 15.5 Å². The normalized spacial score (nSPS) is 22.0. The first-order valence-corrected chi connectivity index (χ1v) is 8.22. The van der Waals surface area contributed by atoms with Gasteiger partial charge in [-0.05, 0) is 44.7 Å². The molecule has 1 N–H and O–H groups in total. The highest BCUT2D eigenvalue weighted by atomic mass is 35.5. The third-order valence-electron chi connectivity index (χ3n) is 5.31. The molecule has 2 fully saturated rings. The van der Waals surface area contributed by atoms with Gasteiger partial charge in [0.25, 0.3) is 0 Å². The summed E-state index contributed by atoms with van der Waals surface area (Å²) in [6.07, 6.45) is 8.81. The van der Waals surface area contributed by atoms with Gasteiger partial charge in [-0.15, -0.1) is 22.6 Å². The van der Waals surface area contributed by atoms with Gasteiger partial charge in [-0.1, -0.05) is 33.1 Å². The van der Waals surface area contributed by atoms with Crippen LogP contribution in [0, 0.1) is 5.92 Å². The fourth-order valence-electron chi connectivity index (χ4n) is 3.73. The Balaban J connectivity index is 0.00000161. The van der Waals surface area contributed by atoms with Gasteiger partial charge in [0.1, 0.15) is 0 Å². The molecule has 0 spiro atoms. The summed E-state index contributed by atoms with van der Waals surface area (Å²) in [6, 6.07) is 0. The van der Waals surface area contributed by atoms with Gasteiger partial charge in [0.2, 0.25) is 11.8 Å². The lowest BCUT2D eigenvalue weighted by atomic mass is 9.74. The lowest BCUT2D eigenvalue weighted by molar-refractivity contribution is 0.201. The second kappa shape index (κ2) is 7.10. The summed E-state index contributed by atoms with van der Waals surface area (Å²) >= 11 is 0. The minimum absolute atomic E-state index is 0. The molecule has 1 saturated heterocycles. The highest BCUT2D eigenvalue weighted by Gasteiger charge is 2.37. The Hall–Kier alpha value is -0.610. The number of rotatable bonds is 3. The van der Waals surface area contributed by atoms with Gasteiger partial charge in [0.05, 0.1) is 0 Å². The van der Waals surface area contributed by atoms with Crippen LogP contribution >= 0.6 is 12.4 Å². The maximum Gasteiger partial charge on any atom is 0.222 e. The third kappa shape index (κ3) is 3.59. The van der Waals surface area contributed by atoms with Crippen LogP contribution in [0.25, 0.3) is 0 Å². The van der Waals surface area contributed by atoms with Crippen molar-refractivity contribution < 1.29 is 4.42 Å². The van der Waals surface area contributed by atoms with Gasteiger partial charge >= 0.3 is 0 Å². The molecule has 0 aromatic carbocycles. The summed E-state index contributed by atoms with van der Waals surface area (Å²) in [5.74, 6) is 2.89. The van der Waals surface area contributed by atoms with E-state index in [0.29, 0.717) is 11.8 Å². The van der Waals surface area contributed by atoms with Crippen LogP contribution in [-0.2, 0) is 5.41 Å². The van der Waals surface area contributed by atoms with E-state index in [1.807, 2.05) is 0 Å². The van der Waals surface area contributed by atoms with Crippen LogP contribution < -0.4 is 5.32 Å². The Morgan fingerprint density at radius 2 is 1.67 bits per heavy atom. The SMILES string of the molecule is CC(C)(c1nnc(C2CCCCC2)o1)C1CCNCC1.Cl. The van der Waals surface area contributed by atoms with E-state index >= 15 is 0 Å². The number of halogens is 1. The van der Waals surface area contributed by atoms with Crippen LogP contribution in [0.4, 0.5) is 0 Å². The minimum Gasteiger partial charge on any atom is -0.424 e. The Kier molecular flexibility index (Phi) is 5.67. The Morgan fingerprint density at radius 1 is 1.00 bits per heavy atom. The van der Waals surface area contributed by atoms with E-state index < -0.39 is 0 Å². The summed E-state index contributed by atoms with van der Waals surface area (Å²) in [5, 5.41) is 12.2. The summed E-state index contributed by atoms with van der Waals surface area (Å²) in [4.78, 5) is 0. The van der Waals surface area contributed by atoms with E-state index in [1.165, 1.54) is 44.9 Å². The smallest absolute Gasteiger partial charge is 0.222 e. The average molecular weight is 314 g/mol. The quantitative estimate of drug-likeness (QED) is 0.921. The molecule has 0 bridgehead atoms. The molecule has 1 aliphatic heterocycles. The molecule has 4 nitrogen and oxygen atoms in total. The van der Waals surface area contributed by atoms with Crippen molar-refractivity contribution in [2.75, 3.05) is 13.1 Å². The van der Waals surface area contributed by atoms with E-state index in [4.69, 9.17) is 4.42 Å². The van der Waals surface area contributed by atoms with Gasteiger partial charge in [-0.25, -0.2) is 0 Å². The molecule has 5 heteroatoms. The summed E-state index contributed by atoms with van der Waals surface area (Å²) in [7, 11) is 0. The van der Waals surface area contributed by atoms with Crippen molar-refractivity contribution in [3.63, 3.8) is 0 Å². The predicted molar refractivity (Wildman–Crippen MR) is 86.0 cm³/mol. The first-order chi connectivity index (χ1) is 9.68. The standard InChI is InChI=1S/C16H27N3O.ClH/c1-16(2,13-8-10-17-11-9-13)15-19-18-14(20-15)12-6-4-3-5-7-12;/h12-13,17H,3-11H2,1-2H3;1H. The Bertz CT molecular complexity index is 434. The molecular weight excluding hydrogens is 286 g/mol. The van der Waals surface area contributed by atoms with Gasteiger partial charge in [0.15, 0.2) is 0 Å².